The Hall–Kier alpha value is -2.57. The van der Waals surface area contributed by atoms with Gasteiger partial charge in [0.2, 0.25) is 11.7 Å². The molecular formula is C21H20ClN3O3. The van der Waals surface area contributed by atoms with Crippen molar-refractivity contribution >= 4 is 11.6 Å². The summed E-state index contributed by atoms with van der Waals surface area (Å²) in [6, 6.07) is 14.0. The minimum atomic E-state index is 0.307. The van der Waals surface area contributed by atoms with Crippen LogP contribution in [0.25, 0.3) is 11.4 Å². The monoisotopic (exact) mass is 397 g/mol. The van der Waals surface area contributed by atoms with Gasteiger partial charge in [0, 0.05) is 16.6 Å². The fourth-order valence-electron chi connectivity index (χ4n) is 3.87. The van der Waals surface area contributed by atoms with Crippen LogP contribution in [0.1, 0.15) is 30.3 Å². The van der Waals surface area contributed by atoms with Crippen LogP contribution in [0.5, 0.6) is 11.5 Å². The molecule has 28 heavy (non-hydrogen) atoms. The first-order valence-electron chi connectivity index (χ1n) is 9.48. The van der Waals surface area contributed by atoms with E-state index in [0.717, 1.165) is 36.4 Å². The predicted octanol–water partition coefficient (Wildman–Crippen LogP) is 4.50. The lowest BCUT2D eigenvalue weighted by molar-refractivity contribution is 0.170. The van der Waals surface area contributed by atoms with E-state index in [1.165, 1.54) is 5.56 Å². The molecule has 1 fully saturated rings. The third kappa shape index (κ3) is 3.45. The highest BCUT2D eigenvalue weighted by Crippen LogP contribution is 2.38. The highest BCUT2D eigenvalue weighted by Gasteiger charge is 2.29. The van der Waals surface area contributed by atoms with Gasteiger partial charge in [0.25, 0.3) is 0 Å². The number of ether oxygens (including phenoxy) is 2. The topological polar surface area (TPSA) is 60.6 Å². The maximum atomic E-state index is 5.95. The summed E-state index contributed by atoms with van der Waals surface area (Å²) in [4.78, 5) is 6.94. The average molecular weight is 398 g/mol. The van der Waals surface area contributed by atoms with Gasteiger partial charge in [-0.1, -0.05) is 22.8 Å². The molecule has 0 aliphatic carbocycles. The third-order valence-electron chi connectivity index (χ3n) is 5.22. The van der Waals surface area contributed by atoms with E-state index >= 15 is 0 Å². The molecule has 144 valence electrons. The van der Waals surface area contributed by atoms with Crippen molar-refractivity contribution in [2.24, 2.45) is 0 Å². The van der Waals surface area contributed by atoms with Crippen LogP contribution in [0.15, 0.2) is 47.0 Å². The van der Waals surface area contributed by atoms with Gasteiger partial charge in [-0.05, 0) is 61.3 Å². The number of rotatable bonds is 4. The summed E-state index contributed by atoms with van der Waals surface area (Å²) in [6.45, 7) is 2.83. The summed E-state index contributed by atoms with van der Waals surface area (Å²) < 4.78 is 16.9. The molecule has 3 heterocycles. The summed E-state index contributed by atoms with van der Waals surface area (Å²) in [7, 11) is 0. The Kier molecular flexibility index (Phi) is 4.66. The van der Waals surface area contributed by atoms with E-state index in [1.807, 2.05) is 30.3 Å². The van der Waals surface area contributed by atoms with E-state index < -0.39 is 0 Å². The van der Waals surface area contributed by atoms with E-state index in [-0.39, 0.29) is 0 Å². The second-order valence-electron chi connectivity index (χ2n) is 7.05. The molecule has 0 unspecified atom stereocenters. The van der Waals surface area contributed by atoms with Crippen LogP contribution < -0.4 is 9.47 Å². The number of hydrogen-bond donors (Lipinski definition) is 0. The fraction of sp³-hybridized carbons (Fsp3) is 0.333. The minimum absolute atomic E-state index is 0.307. The molecule has 3 aromatic rings. The molecule has 0 radical (unpaired) electrons. The molecule has 0 spiro atoms. The molecule has 7 heteroatoms. The van der Waals surface area contributed by atoms with Crippen molar-refractivity contribution in [1.29, 1.82) is 0 Å². The Labute approximate surface area is 168 Å². The summed E-state index contributed by atoms with van der Waals surface area (Å²) in [5.41, 5.74) is 2.13. The first kappa shape index (κ1) is 17.5. The second-order valence-corrected chi connectivity index (χ2v) is 7.49. The number of fused-ring (bicyclic) bond motifs is 1. The quantitative estimate of drug-likeness (QED) is 0.646. The second kappa shape index (κ2) is 7.45. The molecular weight excluding hydrogens is 378 g/mol. The first-order chi connectivity index (χ1) is 13.8. The van der Waals surface area contributed by atoms with Gasteiger partial charge in [-0.3, -0.25) is 4.90 Å². The van der Waals surface area contributed by atoms with Crippen LogP contribution in [-0.4, -0.2) is 34.8 Å². The van der Waals surface area contributed by atoms with Crippen LogP contribution in [0.3, 0.4) is 0 Å². The summed E-state index contributed by atoms with van der Waals surface area (Å²) >= 11 is 5.95. The number of benzene rings is 2. The number of likely N-dealkylation sites (tertiary alicyclic amines) is 1. The number of hydrogen-bond acceptors (Lipinski definition) is 6. The summed E-state index contributed by atoms with van der Waals surface area (Å²) in [5, 5.41) is 4.81. The van der Waals surface area contributed by atoms with E-state index in [4.69, 9.17) is 25.6 Å². The van der Waals surface area contributed by atoms with Crippen LogP contribution in [-0.2, 0) is 6.54 Å². The number of aromatic nitrogens is 2. The zero-order chi connectivity index (χ0) is 18.9. The van der Waals surface area contributed by atoms with Crippen LogP contribution in [0, 0.1) is 0 Å². The molecule has 5 rings (SSSR count). The van der Waals surface area contributed by atoms with Gasteiger partial charge in [-0.2, -0.15) is 4.98 Å². The summed E-state index contributed by atoms with van der Waals surface area (Å²) in [6.07, 6.45) is 2.23. The van der Waals surface area contributed by atoms with E-state index in [9.17, 15) is 0 Å². The molecule has 1 aromatic heterocycles. The van der Waals surface area contributed by atoms with Gasteiger partial charge in [0.15, 0.2) is 11.5 Å². The predicted molar refractivity (Wildman–Crippen MR) is 105 cm³/mol. The van der Waals surface area contributed by atoms with Gasteiger partial charge in [-0.15, -0.1) is 0 Å². The van der Waals surface area contributed by atoms with Gasteiger partial charge in [0.1, 0.15) is 13.2 Å². The molecule has 1 saturated heterocycles. The van der Waals surface area contributed by atoms with Crippen molar-refractivity contribution in [1.82, 2.24) is 15.0 Å². The lowest BCUT2D eigenvalue weighted by atomic mass is 10.0. The Bertz CT molecular complexity index is 973. The smallest absolute Gasteiger partial charge is 0.241 e. The minimum Gasteiger partial charge on any atom is -0.486 e. The van der Waals surface area contributed by atoms with Crippen molar-refractivity contribution in [3.63, 3.8) is 0 Å². The maximum absolute atomic E-state index is 5.95. The van der Waals surface area contributed by atoms with E-state index in [2.05, 4.69) is 27.2 Å². The molecule has 0 bridgehead atoms. The molecule has 2 aliphatic rings. The lowest BCUT2D eigenvalue weighted by Crippen LogP contribution is -2.23. The normalized spacial score (nSPS) is 19.1. The maximum Gasteiger partial charge on any atom is 0.241 e. The van der Waals surface area contributed by atoms with E-state index in [1.54, 1.807) is 0 Å². The summed E-state index contributed by atoms with van der Waals surface area (Å²) in [5.74, 6) is 2.86. The van der Waals surface area contributed by atoms with Crippen molar-refractivity contribution < 1.29 is 14.0 Å². The molecule has 2 aliphatic heterocycles. The van der Waals surface area contributed by atoms with Gasteiger partial charge in [-0.25, -0.2) is 0 Å². The molecule has 0 amide bonds. The molecule has 1 atom stereocenters. The van der Waals surface area contributed by atoms with Crippen molar-refractivity contribution in [2.75, 3.05) is 19.8 Å². The Morgan fingerprint density at radius 3 is 2.71 bits per heavy atom. The van der Waals surface area contributed by atoms with Crippen molar-refractivity contribution in [3.8, 4) is 22.9 Å². The van der Waals surface area contributed by atoms with Gasteiger partial charge < -0.3 is 14.0 Å². The Balaban J connectivity index is 1.33. The van der Waals surface area contributed by atoms with Gasteiger partial charge in [0.05, 0.1) is 6.54 Å². The van der Waals surface area contributed by atoms with Gasteiger partial charge >= 0.3 is 0 Å². The van der Waals surface area contributed by atoms with Crippen molar-refractivity contribution in [2.45, 2.75) is 25.4 Å². The molecule has 0 N–H and O–H groups in total. The molecule has 6 nitrogen and oxygen atoms in total. The van der Waals surface area contributed by atoms with Crippen LogP contribution in [0.2, 0.25) is 5.02 Å². The highest BCUT2D eigenvalue weighted by atomic mass is 35.5. The third-order valence-corrected chi connectivity index (χ3v) is 5.48. The largest absolute Gasteiger partial charge is 0.486 e. The molecule has 0 saturated carbocycles. The fourth-order valence-corrected chi connectivity index (χ4v) is 4.00. The highest BCUT2D eigenvalue weighted by molar-refractivity contribution is 6.30. The standard InChI is InChI=1S/C21H20ClN3O3/c22-16-6-3-14(4-7-16)21-23-20(28-24-21)13-25-9-1-2-17(25)15-5-8-18-19(12-15)27-11-10-26-18/h3-8,12,17H,1-2,9-11,13H2/t17-/m0/s1. The first-order valence-corrected chi connectivity index (χ1v) is 9.86. The SMILES string of the molecule is Clc1ccc(-c2noc(CN3CCC[C@H]3c3ccc4c(c3)OCCO4)n2)cc1. The average Bonchev–Trinajstić information content (AvgIpc) is 3.38. The zero-order valence-corrected chi connectivity index (χ0v) is 16.1. The zero-order valence-electron chi connectivity index (χ0n) is 15.3. The molecule has 2 aromatic carbocycles. The Morgan fingerprint density at radius 2 is 1.86 bits per heavy atom. The lowest BCUT2D eigenvalue weighted by Gasteiger charge is -2.25. The van der Waals surface area contributed by atoms with Crippen molar-refractivity contribution in [3.05, 3.63) is 58.9 Å². The number of nitrogens with zero attached hydrogens (tertiary/aromatic N) is 3. The number of halogens is 1. The Morgan fingerprint density at radius 1 is 1.04 bits per heavy atom. The van der Waals surface area contributed by atoms with Crippen LogP contribution >= 0.6 is 11.6 Å². The van der Waals surface area contributed by atoms with E-state index in [0.29, 0.717) is 42.5 Å². The van der Waals surface area contributed by atoms with Crippen LogP contribution in [0.4, 0.5) is 0 Å².